The molecule has 0 amide bonds. The summed E-state index contributed by atoms with van der Waals surface area (Å²) in [7, 11) is 0. The summed E-state index contributed by atoms with van der Waals surface area (Å²) in [5, 5.41) is 6.95. The van der Waals surface area contributed by atoms with E-state index in [1.807, 2.05) is 25.3 Å². The fraction of sp³-hybridized carbons (Fsp3) is 0.462. The molecule has 1 saturated heterocycles. The fourth-order valence-electron chi connectivity index (χ4n) is 1.94. The third-order valence-electron chi connectivity index (χ3n) is 2.72. The van der Waals surface area contributed by atoms with Gasteiger partial charge in [0.2, 0.25) is 0 Å². The van der Waals surface area contributed by atoms with E-state index in [1.165, 1.54) is 0 Å². The number of hydrogen-bond acceptors (Lipinski definition) is 3. The van der Waals surface area contributed by atoms with Crippen LogP contribution in [0, 0.1) is 11.8 Å². The zero-order valence-electron chi connectivity index (χ0n) is 9.53. The molecule has 2 rings (SSSR count). The summed E-state index contributed by atoms with van der Waals surface area (Å²) >= 11 is 0. The number of hydrogen-bond donors (Lipinski definition) is 2. The van der Waals surface area contributed by atoms with Crippen LogP contribution in [0.15, 0.2) is 24.4 Å². The molecule has 1 aliphatic rings. The van der Waals surface area contributed by atoms with Crippen molar-refractivity contribution < 1.29 is 0 Å². The Hall–Kier alpha value is -1.37. The maximum absolute atomic E-state index is 4.39. The Kier molecular flexibility index (Phi) is 3.92. The Bertz CT molecular complexity index is 377. The van der Waals surface area contributed by atoms with E-state index in [0.717, 1.165) is 25.2 Å². The Labute approximate surface area is 96.7 Å². The van der Waals surface area contributed by atoms with Gasteiger partial charge >= 0.3 is 0 Å². The fourth-order valence-corrected chi connectivity index (χ4v) is 1.94. The average Bonchev–Trinajstić information content (AvgIpc) is 2.56. The monoisotopic (exact) mass is 215 g/mol. The van der Waals surface area contributed by atoms with Gasteiger partial charge in [0, 0.05) is 12.7 Å². The average molecular weight is 215 g/mol. The molecule has 1 aliphatic heterocycles. The summed E-state index contributed by atoms with van der Waals surface area (Å²) < 4.78 is 0. The third-order valence-corrected chi connectivity index (χ3v) is 2.72. The molecule has 0 spiro atoms. The SMILES string of the molecule is CC#CC1CCNCC(c2ccccn2)N1. The van der Waals surface area contributed by atoms with Gasteiger partial charge < -0.3 is 5.32 Å². The molecule has 1 aromatic heterocycles. The lowest BCUT2D eigenvalue weighted by molar-refractivity contribution is 0.504. The van der Waals surface area contributed by atoms with Crippen LogP contribution in [0.4, 0.5) is 0 Å². The minimum Gasteiger partial charge on any atom is -0.315 e. The van der Waals surface area contributed by atoms with Gasteiger partial charge in [0.15, 0.2) is 0 Å². The molecule has 3 heteroatoms. The Morgan fingerprint density at radius 2 is 2.38 bits per heavy atom. The van der Waals surface area contributed by atoms with Crippen molar-refractivity contribution in [2.45, 2.75) is 25.4 Å². The summed E-state index contributed by atoms with van der Waals surface area (Å²) in [6, 6.07) is 6.55. The van der Waals surface area contributed by atoms with Crippen molar-refractivity contribution in [1.29, 1.82) is 0 Å². The number of rotatable bonds is 1. The normalized spacial score (nSPS) is 25.3. The summed E-state index contributed by atoms with van der Waals surface area (Å²) in [6.45, 7) is 3.81. The molecule has 0 saturated carbocycles. The second kappa shape index (κ2) is 5.64. The first-order valence-electron chi connectivity index (χ1n) is 5.70. The van der Waals surface area contributed by atoms with E-state index < -0.39 is 0 Å². The topological polar surface area (TPSA) is 37.0 Å². The van der Waals surface area contributed by atoms with Gasteiger partial charge in [0.1, 0.15) is 0 Å². The lowest BCUT2D eigenvalue weighted by Crippen LogP contribution is -2.33. The molecule has 0 aliphatic carbocycles. The van der Waals surface area contributed by atoms with Crippen molar-refractivity contribution in [3.05, 3.63) is 30.1 Å². The molecule has 0 aromatic carbocycles. The van der Waals surface area contributed by atoms with E-state index in [1.54, 1.807) is 0 Å². The van der Waals surface area contributed by atoms with Gasteiger partial charge in [-0.05, 0) is 32.0 Å². The van der Waals surface area contributed by atoms with E-state index in [9.17, 15) is 0 Å². The molecule has 1 fully saturated rings. The van der Waals surface area contributed by atoms with Gasteiger partial charge in [0.25, 0.3) is 0 Å². The van der Waals surface area contributed by atoms with Crippen LogP contribution in [0.3, 0.4) is 0 Å². The first-order valence-corrected chi connectivity index (χ1v) is 5.70. The highest BCUT2D eigenvalue weighted by Crippen LogP contribution is 2.12. The van der Waals surface area contributed by atoms with E-state index in [2.05, 4.69) is 33.5 Å². The van der Waals surface area contributed by atoms with Gasteiger partial charge in [-0.1, -0.05) is 12.0 Å². The van der Waals surface area contributed by atoms with Crippen molar-refractivity contribution in [3.63, 3.8) is 0 Å². The molecule has 2 unspecified atom stereocenters. The molecule has 2 N–H and O–H groups in total. The second-order valence-electron chi connectivity index (χ2n) is 3.91. The number of nitrogens with one attached hydrogen (secondary N) is 2. The maximum atomic E-state index is 4.39. The van der Waals surface area contributed by atoms with Gasteiger partial charge in [-0.3, -0.25) is 10.3 Å². The lowest BCUT2D eigenvalue weighted by atomic mass is 10.1. The summed E-state index contributed by atoms with van der Waals surface area (Å²) in [4.78, 5) is 4.39. The second-order valence-corrected chi connectivity index (χ2v) is 3.91. The zero-order valence-corrected chi connectivity index (χ0v) is 9.53. The molecule has 2 heterocycles. The van der Waals surface area contributed by atoms with Crippen molar-refractivity contribution in [2.75, 3.05) is 13.1 Å². The van der Waals surface area contributed by atoms with Gasteiger partial charge in [-0.15, -0.1) is 5.92 Å². The molecular formula is C13H17N3. The van der Waals surface area contributed by atoms with Crippen LogP contribution in [0.1, 0.15) is 25.1 Å². The van der Waals surface area contributed by atoms with Crippen LogP contribution in [0.5, 0.6) is 0 Å². The largest absolute Gasteiger partial charge is 0.315 e. The van der Waals surface area contributed by atoms with E-state index in [0.29, 0.717) is 0 Å². The van der Waals surface area contributed by atoms with E-state index in [4.69, 9.17) is 0 Å². The molecule has 0 bridgehead atoms. The maximum Gasteiger partial charge on any atom is 0.0707 e. The molecule has 16 heavy (non-hydrogen) atoms. The zero-order chi connectivity index (χ0) is 11.2. The summed E-state index contributed by atoms with van der Waals surface area (Å²) in [5.41, 5.74) is 1.08. The first-order chi connectivity index (χ1) is 7.90. The molecule has 84 valence electrons. The van der Waals surface area contributed by atoms with Crippen LogP contribution in [0.2, 0.25) is 0 Å². The van der Waals surface area contributed by atoms with E-state index >= 15 is 0 Å². The number of nitrogens with zero attached hydrogens (tertiary/aromatic N) is 1. The molecule has 3 nitrogen and oxygen atoms in total. The molecular weight excluding hydrogens is 198 g/mol. The minimum atomic E-state index is 0.259. The van der Waals surface area contributed by atoms with Gasteiger partial charge in [-0.2, -0.15) is 0 Å². The molecule has 0 radical (unpaired) electrons. The molecule has 2 atom stereocenters. The van der Waals surface area contributed by atoms with Crippen molar-refractivity contribution >= 4 is 0 Å². The van der Waals surface area contributed by atoms with E-state index in [-0.39, 0.29) is 12.1 Å². The highest BCUT2D eigenvalue weighted by Gasteiger charge is 2.19. The van der Waals surface area contributed by atoms with Crippen LogP contribution in [0.25, 0.3) is 0 Å². The summed E-state index contributed by atoms with van der Waals surface area (Å²) in [5.74, 6) is 6.17. The lowest BCUT2D eigenvalue weighted by Gasteiger charge is -2.18. The predicted molar refractivity (Wildman–Crippen MR) is 64.8 cm³/mol. The number of aromatic nitrogens is 1. The van der Waals surface area contributed by atoms with Crippen molar-refractivity contribution in [3.8, 4) is 11.8 Å². The van der Waals surface area contributed by atoms with Crippen LogP contribution < -0.4 is 10.6 Å². The van der Waals surface area contributed by atoms with Crippen molar-refractivity contribution in [2.24, 2.45) is 0 Å². The van der Waals surface area contributed by atoms with Crippen LogP contribution in [-0.4, -0.2) is 24.1 Å². The van der Waals surface area contributed by atoms with Crippen molar-refractivity contribution in [1.82, 2.24) is 15.6 Å². The Morgan fingerprint density at radius 3 is 3.12 bits per heavy atom. The third kappa shape index (κ3) is 2.82. The van der Waals surface area contributed by atoms with Crippen LogP contribution >= 0.6 is 0 Å². The first kappa shape index (κ1) is 11.1. The van der Waals surface area contributed by atoms with Gasteiger partial charge in [-0.25, -0.2) is 0 Å². The van der Waals surface area contributed by atoms with Crippen LogP contribution in [-0.2, 0) is 0 Å². The minimum absolute atomic E-state index is 0.259. The smallest absolute Gasteiger partial charge is 0.0707 e. The predicted octanol–water partition coefficient (Wildman–Crippen LogP) is 1.10. The Balaban J connectivity index is 2.11. The number of pyridine rings is 1. The standard InChI is InChI=1S/C13H17N3/c1-2-5-11-7-9-14-10-13(16-11)12-6-3-4-8-15-12/h3-4,6,8,11,13-14,16H,7,9-10H2,1H3. The highest BCUT2D eigenvalue weighted by atomic mass is 15.0. The highest BCUT2D eigenvalue weighted by molar-refractivity contribution is 5.14. The molecule has 1 aromatic rings. The quantitative estimate of drug-likeness (QED) is 0.689. The van der Waals surface area contributed by atoms with Gasteiger partial charge in [0.05, 0.1) is 17.8 Å². The Morgan fingerprint density at radius 1 is 1.44 bits per heavy atom. The summed E-state index contributed by atoms with van der Waals surface area (Å²) in [6.07, 6.45) is 2.88.